The van der Waals surface area contributed by atoms with Crippen LogP contribution in [0, 0.1) is 12.8 Å². The van der Waals surface area contributed by atoms with Gasteiger partial charge >= 0.3 is 0 Å². The number of anilines is 1. The van der Waals surface area contributed by atoms with Crippen molar-refractivity contribution in [1.29, 1.82) is 0 Å². The predicted molar refractivity (Wildman–Crippen MR) is 79.6 cm³/mol. The van der Waals surface area contributed by atoms with Crippen molar-refractivity contribution >= 4 is 17.5 Å². The standard InChI is InChI=1S/C16H22N2O2/c1-3-4-8-17-16(20)13-10-15(19)18(11-13)14-7-5-6-12(2)9-14/h5-7,9,13H,3-4,8,10-11H2,1-2H3,(H,17,20). The van der Waals surface area contributed by atoms with Crippen molar-refractivity contribution in [2.24, 2.45) is 5.92 Å². The summed E-state index contributed by atoms with van der Waals surface area (Å²) in [6, 6.07) is 7.84. The second-order valence-corrected chi connectivity index (χ2v) is 5.39. The Labute approximate surface area is 120 Å². The number of nitrogens with one attached hydrogen (secondary N) is 1. The van der Waals surface area contributed by atoms with Gasteiger partial charge in [0.1, 0.15) is 0 Å². The molecule has 4 heteroatoms. The molecule has 1 unspecified atom stereocenters. The number of unbranched alkanes of at least 4 members (excludes halogenated alkanes) is 1. The zero-order valence-electron chi connectivity index (χ0n) is 12.2. The molecule has 1 aliphatic heterocycles. The van der Waals surface area contributed by atoms with Crippen LogP contribution in [0.4, 0.5) is 5.69 Å². The normalized spacial score (nSPS) is 18.4. The minimum Gasteiger partial charge on any atom is -0.356 e. The van der Waals surface area contributed by atoms with Crippen molar-refractivity contribution < 1.29 is 9.59 Å². The van der Waals surface area contributed by atoms with Gasteiger partial charge in [-0.15, -0.1) is 0 Å². The molecule has 1 fully saturated rings. The number of benzene rings is 1. The van der Waals surface area contributed by atoms with E-state index in [0.29, 0.717) is 19.5 Å². The smallest absolute Gasteiger partial charge is 0.227 e. The molecule has 1 saturated heterocycles. The first-order chi connectivity index (χ1) is 9.61. The lowest BCUT2D eigenvalue weighted by molar-refractivity contribution is -0.126. The van der Waals surface area contributed by atoms with E-state index in [2.05, 4.69) is 12.2 Å². The van der Waals surface area contributed by atoms with E-state index in [1.165, 1.54) is 0 Å². The maximum atomic E-state index is 12.1. The van der Waals surface area contributed by atoms with Crippen LogP contribution in [0.1, 0.15) is 31.7 Å². The van der Waals surface area contributed by atoms with Crippen molar-refractivity contribution in [2.45, 2.75) is 33.1 Å². The van der Waals surface area contributed by atoms with Gasteiger partial charge in [-0.25, -0.2) is 0 Å². The molecule has 4 nitrogen and oxygen atoms in total. The van der Waals surface area contributed by atoms with Gasteiger partial charge < -0.3 is 10.2 Å². The third-order valence-electron chi connectivity index (χ3n) is 3.64. The van der Waals surface area contributed by atoms with E-state index in [9.17, 15) is 9.59 Å². The van der Waals surface area contributed by atoms with Gasteiger partial charge in [0.05, 0.1) is 5.92 Å². The van der Waals surface area contributed by atoms with Crippen molar-refractivity contribution in [2.75, 3.05) is 18.0 Å². The highest BCUT2D eigenvalue weighted by molar-refractivity contribution is 6.00. The van der Waals surface area contributed by atoms with Crippen LogP contribution in [0.15, 0.2) is 24.3 Å². The second-order valence-electron chi connectivity index (χ2n) is 5.39. The average molecular weight is 274 g/mol. The molecule has 0 radical (unpaired) electrons. The number of nitrogens with zero attached hydrogens (tertiary/aromatic N) is 1. The number of carbonyl (C=O) groups excluding carboxylic acids is 2. The van der Waals surface area contributed by atoms with E-state index < -0.39 is 0 Å². The predicted octanol–water partition coefficient (Wildman–Crippen LogP) is 2.26. The number of rotatable bonds is 5. The molecule has 1 atom stereocenters. The van der Waals surface area contributed by atoms with Crippen LogP contribution in [0.2, 0.25) is 0 Å². The van der Waals surface area contributed by atoms with Crippen LogP contribution in [0.5, 0.6) is 0 Å². The van der Waals surface area contributed by atoms with Crippen LogP contribution < -0.4 is 10.2 Å². The summed E-state index contributed by atoms with van der Waals surface area (Å²) in [6.07, 6.45) is 2.35. The Hall–Kier alpha value is -1.84. The molecule has 1 aliphatic rings. The van der Waals surface area contributed by atoms with Crippen LogP contribution in [-0.4, -0.2) is 24.9 Å². The molecule has 1 aromatic rings. The molecule has 20 heavy (non-hydrogen) atoms. The Balaban J connectivity index is 1.98. The van der Waals surface area contributed by atoms with Gasteiger partial charge in [0.2, 0.25) is 11.8 Å². The van der Waals surface area contributed by atoms with Crippen molar-refractivity contribution in [1.82, 2.24) is 5.32 Å². The molecule has 0 aromatic heterocycles. The minimum absolute atomic E-state index is 0.00181. The molecule has 2 rings (SSSR count). The van der Waals surface area contributed by atoms with E-state index >= 15 is 0 Å². The third kappa shape index (κ3) is 3.38. The van der Waals surface area contributed by atoms with Crippen LogP contribution in [0.25, 0.3) is 0 Å². The molecule has 0 aliphatic carbocycles. The molecule has 1 heterocycles. The molecule has 0 saturated carbocycles. The van der Waals surface area contributed by atoms with Crippen LogP contribution in [0.3, 0.4) is 0 Å². The summed E-state index contributed by atoms with van der Waals surface area (Å²) in [4.78, 5) is 25.8. The lowest BCUT2D eigenvalue weighted by Crippen LogP contribution is -2.33. The Kier molecular flexibility index (Phi) is 4.77. The summed E-state index contributed by atoms with van der Waals surface area (Å²) >= 11 is 0. The summed E-state index contributed by atoms with van der Waals surface area (Å²) in [7, 11) is 0. The van der Waals surface area contributed by atoms with Gasteiger partial charge in [0.25, 0.3) is 0 Å². The first-order valence-corrected chi connectivity index (χ1v) is 7.26. The summed E-state index contributed by atoms with van der Waals surface area (Å²) in [6.45, 7) is 5.27. The highest BCUT2D eigenvalue weighted by atomic mass is 16.2. The molecule has 1 N–H and O–H groups in total. The van der Waals surface area contributed by atoms with Gasteiger partial charge in [0.15, 0.2) is 0 Å². The molecule has 1 aromatic carbocycles. The summed E-state index contributed by atoms with van der Waals surface area (Å²) < 4.78 is 0. The third-order valence-corrected chi connectivity index (χ3v) is 3.64. The number of aryl methyl sites for hydroxylation is 1. The van der Waals surface area contributed by atoms with Crippen LogP contribution >= 0.6 is 0 Å². The first kappa shape index (κ1) is 14.6. The van der Waals surface area contributed by atoms with Crippen LogP contribution in [-0.2, 0) is 9.59 Å². The number of hydrogen-bond acceptors (Lipinski definition) is 2. The van der Waals surface area contributed by atoms with E-state index in [1.807, 2.05) is 31.2 Å². The van der Waals surface area contributed by atoms with Crippen molar-refractivity contribution in [3.8, 4) is 0 Å². The Bertz CT molecular complexity index is 499. The van der Waals surface area contributed by atoms with E-state index in [1.54, 1.807) is 4.90 Å². The largest absolute Gasteiger partial charge is 0.356 e. The fourth-order valence-corrected chi connectivity index (χ4v) is 2.46. The maximum absolute atomic E-state index is 12.1. The van der Waals surface area contributed by atoms with Gasteiger partial charge in [0, 0.05) is 25.2 Å². The first-order valence-electron chi connectivity index (χ1n) is 7.26. The highest BCUT2D eigenvalue weighted by Crippen LogP contribution is 2.25. The topological polar surface area (TPSA) is 49.4 Å². The lowest BCUT2D eigenvalue weighted by atomic mass is 10.1. The molecular formula is C16H22N2O2. The highest BCUT2D eigenvalue weighted by Gasteiger charge is 2.34. The zero-order chi connectivity index (χ0) is 14.5. The summed E-state index contributed by atoms with van der Waals surface area (Å²) in [5, 5.41) is 2.91. The van der Waals surface area contributed by atoms with Gasteiger partial charge in [-0.05, 0) is 31.0 Å². The summed E-state index contributed by atoms with van der Waals surface area (Å²) in [5.74, 6) is -0.187. The fourth-order valence-electron chi connectivity index (χ4n) is 2.46. The second kappa shape index (κ2) is 6.55. The zero-order valence-corrected chi connectivity index (χ0v) is 12.2. The van der Waals surface area contributed by atoms with Crippen molar-refractivity contribution in [3.05, 3.63) is 29.8 Å². The Morgan fingerprint density at radius 2 is 2.25 bits per heavy atom. The van der Waals surface area contributed by atoms with E-state index in [0.717, 1.165) is 24.1 Å². The average Bonchev–Trinajstić information content (AvgIpc) is 2.81. The Morgan fingerprint density at radius 3 is 2.95 bits per heavy atom. The van der Waals surface area contributed by atoms with Gasteiger partial charge in [-0.2, -0.15) is 0 Å². The quantitative estimate of drug-likeness (QED) is 0.837. The van der Waals surface area contributed by atoms with Gasteiger partial charge in [-0.3, -0.25) is 9.59 Å². The molecular weight excluding hydrogens is 252 g/mol. The SMILES string of the molecule is CCCCNC(=O)C1CC(=O)N(c2cccc(C)c2)C1. The minimum atomic E-state index is -0.222. The maximum Gasteiger partial charge on any atom is 0.227 e. The number of hydrogen-bond donors (Lipinski definition) is 1. The van der Waals surface area contributed by atoms with E-state index in [4.69, 9.17) is 0 Å². The Morgan fingerprint density at radius 1 is 1.45 bits per heavy atom. The van der Waals surface area contributed by atoms with Gasteiger partial charge in [-0.1, -0.05) is 25.5 Å². The molecule has 0 spiro atoms. The lowest BCUT2D eigenvalue weighted by Gasteiger charge is -2.17. The van der Waals surface area contributed by atoms with Crippen molar-refractivity contribution in [3.63, 3.8) is 0 Å². The van der Waals surface area contributed by atoms with E-state index in [-0.39, 0.29) is 17.7 Å². The molecule has 2 amide bonds. The molecule has 0 bridgehead atoms. The summed E-state index contributed by atoms with van der Waals surface area (Å²) in [5.41, 5.74) is 2.00. The number of carbonyl (C=O) groups is 2. The monoisotopic (exact) mass is 274 g/mol. The fraction of sp³-hybridized carbons (Fsp3) is 0.500. The molecule has 108 valence electrons. The number of amides is 2.